The van der Waals surface area contributed by atoms with Gasteiger partial charge in [-0.15, -0.1) is 0 Å². The molecule has 2 N–H and O–H groups in total. The fourth-order valence-corrected chi connectivity index (χ4v) is 4.39. The maximum absolute atomic E-state index is 13.5. The number of hydrogen-bond acceptors (Lipinski definition) is 3. The van der Waals surface area contributed by atoms with E-state index in [2.05, 4.69) is 5.32 Å². The van der Waals surface area contributed by atoms with Crippen LogP contribution in [0.2, 0.25) is 0 Å². The molecule has 3 aromatic rings. The largest absolute Gasteiger partial charge is 0.481 e. The number of rotatable bonds is 11. The fraction of sp³-hybridized carbons (Fsp3) is 0.300. The van der Waals surface area contributed by atoms with Gasteiger partial charge in [-0.3, -0.25) is 14.4 Å². The number of aliphatic carboxylic acids is 1. The third-order valence-electron chi connectivity index (χ3n) is 6.15. The second kappa shape index (κ2) is 12.7. The first kappa shape index (κ1) is 26.7. The summed E-state index contributed by atoms with van der Waals surface area (Å²) in [5.74, 6) is -2.26. The lowest BCUT2D eigenvalue weighted by Crippen LogP contribution is -2.44. The Morgan fingerprint density at radius 1 is 0.833 bits per heavy atom. The van der Waals surface area contributed by atoms with Crippen LogP contribution >= 0.6 is 0 Å². The van der Waals surface area contributed by atoms with E-state index in [0.29, 0.717) is 18.5 Å². The zero-order valence-electron chi connectivity index (χ0n) is 21.1. The number of likely N-dealkylation sites (N-methyl/N-ethyl adjacent to an activating group) is 1. The van der Waals surface area contributed by atoms with Gasteiger partial charge in [-0.25, -0.2) is 0 Å². The van der Waals surface area contributed by atoms with Crippen molar-refractivity contribution in [2.75, 3.05) is 7.05 Å². The standard InChI is InChI=1S/C30H34N2O4/c1-21(2)18-26(19-27(33)34)30(36)32(3)28(29(35)31-20-22-10-6-4-7-11-22)25-16-14-24(15-17-25)23-12-8-5-9-13-23/h4-17,21,26,28H,18-20H2,1-3H3,(H,31,35)(H,33,34)/t26-,28?/m1/s1. The predicted molar refractivity (Wildman–Crippen MR) is 141 cm³/mol. The van der Waals surface area contributed by atoms with Crippen molar-refractivity contribution < 1.29 is 19.5 Å². The average molecular weight is 487 g/mol. The Morgan fingerprint density at radius 2 is 1.39 bits per heavy atom. The highest BCUT2D eigenvalue weighted by Crippen LogP contribution is 2.28. The molecule has 0 aromatic heterocycles. The first-order valence-corrected chi connectivity index (χ1v) is 12.2. The van der Waals surface area contributed by atoms with Crippen LogP contribution in [0.25, 0.3) is 11.1 Å². The molecule has 188 valence electrons. The van der Waals surface area contributed by atoms with Gasteiger partial charge < -0.3 is 15.3 Å². The van der Waals surface area contributed by atoms with E-state index in [1.165, 1.54) is 4.90 Å². The molecule has 0 aliphatic rings. The predicted octanol–water partition coefficient (Wildman–Crippen LogP) is 5.31. The van der Waals surface area contributed by atoms with E-state index in [-0.39, 0.29) is 24.2 Å². The zero-order valence-corrected chi connectivity index (χ0v) is 21.1. The maximum Gasteiger partial charge on any atom is 0.304 e. The number of amides is 2. The van der Waals surface area contributed by atoms with Crippen LogP contribution in [0, 0.1) is 11.8 Å². The van der Waals surface area contributed by atoms with Crippen LogP contribution in [0.15, 0.2) is 84.9 Å². The molecule has 0 bridgehead atoms. The van der Waals surface area contributed by atoms with Crippen LogP contribution in [-0.4, -0.2) is 34.8 Å². The topological polar surface area (TPSA) is 86.7 Å². The van der Waals surface area contributed by atoms with Crippen molar-refractivity contribution in [3.05, 3.63) is 96.1 Å². The molecule has 36 heavy (non-hydrogen) atoms. The maximum atomic E-state index is 13.5. The Kier molecular flexibility index (Phi) is 9.39. The number of hydrogen-bond donors (Lipinski definition) is 2. The first-order chi connectivity index (χ1) is 17.3. The SMILES string of the molecule is CC(C)C[C@H](CC(=O)O)C(=O)N(C)C(C(=O)NCc1ccccc1)c1ccc(-c2ccccc2)cc1. The van der Waals surface area contributed by atoms with Crippen molar-refractivity contribution in [3.63, 3.8) is 0 Å². The molecule has 0 aliphatic heterocycles. The van der Waals surface area contributed by atoms with E-state index in [0.717, 1.165) is 16.7 Å². The molecule has 6 nitrogen and oxygen atoms in total. The Hall–Kier alpha value is -3.93. The summed E-state index contributed by atoms with van der Waals surface area (Å²) in [7, 11) is 1.58. The molecule has 0 saturated carbocycles. The molecule has 0 heterocycles. The number of carbonyl (C=O) groups excluding carboxylic acids is 2. The van der Waals surface area contributed by atoms with E-state index in [1.54, 1.807) is 7.05 Å². The zero-order chi connectivity index (χ0) is 26.1. The molecule has 2 atom stereocenters. The number of nitrogens with one attached hydrogen (secondary N) is 1. The van der Waals surface area contributed by atoms with Gasteiger partial charge in [-0.05, 0) is 34.6 Å². The highest BCUT2D eigenvalue weighted by Gasteiger charge is 2.33. The molecule has 3 rings (SSSR count). The van der Waals surface area contributed by atoms with Crippen molar-refractivity contribution in [2.24, 2.45) is 11.8 Å². The van der Waals surface area contributed by atoms with Crippen molar-refractivity contribution >= 4 is 17.8 Å². The Balaban J connectivity index is 1.90. The summed E-state index contributed by atoms with van der Waals surface area (Å²) in [6, 6.07) is 26.1. The van der Waals surface area contributed by atoms with Crippen LogP contribution in [0.1, 0.15) is 43.9 Å². The van der Waals surface area contributed by atoms with Crippen molar-refractivity contribution in [1.29, 1.82) is 0 Å². The smallest absolute Gasteiger partial charge is 0.304 e. The van der Waals surface area contributed by atoms with Gasteiger partial charge in [0.25, 0.3) is 0 Å². The average Bonchev–Trinajstić information content (AvgIpc) is 2.87. The lowest BCUT2D eigenvalue weighted by molar-refractivity contribution is -0.147. The monoisotopic (exact) mass is 486 g/mol. The highest BCUT2D eigenvalue weighted by molar-refractivity contribution is 5.90. The quantitative estimate of drug-likeness (QED) is 0.385. The van der Waals surface area contributed by atoms with Crippen molar-refractivity contribution in [1.82, 2.24) is 10.2 Å². The molecule has 1 unspecified atom stereocenters. The molecule has 0 radical (unpaired) electrons. The van der Waals surface area contributed by atoms with Gasteiger partial charge in [0.2, 0.25) is 11.8 Å². The Morgan fingerprint density at radius 3 is 1.94 bits per heavy atom. The van der Waals surface area contributed by atoms with Gasteiger partial charge in [0.15, 0.2) is 0 Å². The Bertz CT molecular complexity index is 1140. The second-order valence-corrected chi connectivity index (χ2v) is 9.47. The molecule has 0 saturated heterocycles. The molecule has 0 spiro atoms. The molecular formula is C30H34N2O4. The summed E-state index contributed by atoms with van der Waals surface area (Å²) < 4.78 is 0. The number of carboxylic acids is 1. The van der Waals surface area contributed by atoms with Crippen molar-refractivity contribution in [3.8, 4) is 11.1 Å². The van der Waals surface area contributed by atoms with Crippen LogP contribution in [0.3, 0.4) is 0 Å². The molecule has 2 amide bonds. The molecule has 6 heteroatoms. The summed E-state index contributed by atoms with van der Waals surface area (Å²) >= 11 is 0. The van der Waals surface area contributed by atoms with Crippen molar-refractivity contribution in [2.45, 2.75) is 39.3 Å². The second-order valence-electron chi connectivity index (χ2n) is 9.47. The van der Waals surface area contributed by atoms with E-state index >= 15 is 0 Å². The fourth-order valence-electron chi connectivity index (χ4n) is 4.39. The minimum atomic E-state index is -1.03. The van der Waals surface area contributed by atoms with Gasteiger partial charge >= 0.3 is 5.97 Å². The van der Waals surface area contributed by atoms with Gasteiger partial charge in [-0.2, -0.15) is 0 Å². The van der Waals surface area contributed by atoms with Gasteiger partial charge in [0.1, 0.15) is 6.04 Å². The highest BCUT2D eigenvalue weighted by atomic mass is 16.4. The normalized spacial score (nSPS) is 12.6. The number of nitrogens with zero attached hydrogens (tertiary/aromatic N) is 1. The van der Waals surface area contributed by atoms with Crippen LogP contribution in [0.4, 0.5) is 0 Å². The number of carbonyl (C=O) groups is 3. The van der Waals surface area contributed by atoms with E-state index < -0.39 is 17.9 Å². The summed E-state index contributed by atoms with van der Waals surface area (Å²) in [4.78, 5) is 39.8. The van der Waals surface area contributed by atoms with Crippen LogP contribution in [0.5, 0.6) is 0 Å². The summed E-state index contributed by atoms with van der Waals surface area (Å²) in [6.45, 7) is 4.23. The Labute approximate surface area is 213 Å². The molecular weight excluding hydrogens is 452 g/mol. The minimum absolute atomic E-state index is 0.141. The summed E-state index contributed by atoms with van der Waals surface area (Å²) in [5, 5.41) is 12.3. The molecule has 0 aliphatic carbocycles. The summed E-state index contributed by atoms with van der Waals surface area (Å²) in [6.07, 6.45) is 0.160. The third kappa shape index (κ3) is 7.28. The third-order valence-corrected chi connectivity index (χ3v) is 6.15. The van der Waals surface area contributed by atoms with Gasteiger partial charge in [-0.1, -0.05) is 98.8 Å². The van der Waals surface area contributed by atoms with Crippen LogP contribution < -0.4 is 5.32 Å². The van der Waals surface area contributed by atoms with E-state index in [1.807, 2.05) is 98.8 Å². The first-order valence-electron chi connectivity index (χ1n) is 12.2. The molecule has 0 fully saturated rings. The van der Waals surface area contributed by atoms with E-state index in [9.17, 15) is 19.5 Å². The van der Waals surface area contributed by atoms with E-state index in [4.69, 9.17) is 0 Å². The molecule has 3 aromatic carbocycles. The van der Waals surface area contributed by atoms with Crippen LogP contribution in [-0.2, 0) is 20.9 Å². The lowest BCUT2D eigenvalue weighted by Gasteiger charge is -2.31. The number of benzene rings is 3. The van der Waals surface area contributed by atoms with Gasteiger partial charge in [0, 0.05) is 19.5 Å². The van der Waals surface area contributed by atoms with Gasteiger partial charge in [0.05, 0.1) is 6.42 Å². The summed E-state index contributed by atoms with van der Waals surface area (Å²) in [5.41, 5.74) is 3.66. The number of carboxylic acid groups (broad SMARTS) is 1. The lowest BCUT2D eigenvalue weighted by atomic mass is 9.91. The minimum Gasteiger partial charge on any atom is -0.481 e.